The molecule has 1 heterocycles. The first kappa shape index (κ1) is 20.0. The molecule has 0 aromatic heterocycles. The summed E-state index contributed by atoms with van der Waals surface area (Å²) in [6.07, 6.45) is 1.66. The van der Waals surface area contributed by atoms with Gasteiger partial charge in [-0.2, -0.15) is 0 Å². The summed E-state index contributed by atoms with van der Waals surface area (Å²) < 4.78 is 11.0. The summed E-state index contributed by atoms with van der Waals surface area (Å²) in [7, 11) is 0. The Kier molecular flexibility index (Phi) is 5.57. The van der Waals surface area contributed by atoms with Gasteiger partial charge in [0, 0.05) is 17.7 Å². The Labute approximate surface area is 178 Å². The number of nitro benzene ring substituents is 1. The first-order valence-corrected chi connectivity index (χ1v) is 9.54. The van der Waals surface area contributed by atoms with Crippen LogP contribution in [0.25, 0.3) is 6.08 Å². The Morgan fingerprint density at radius 2 is 1.68 bits per heavy atom. The Morgan fingerprint density at radius 3 is 2.32 bits per heavy atom. The van der Waals surface area contributed by atoms with Crippen molar-refractivity contribution < 1.29 is 19.2 Å². The highest BCUT2D eigenvalue weighted by molar-refractivity contribution is 6.12. The van der Waals surface area contributed by atoms with E-state index in [0.717, 1.165) is 22.3 Å². The van der Waals surface area contributed by atoms with Crippen LogP contribution in [0, 0.1) is 17.0 Å². The fraction of sp³-hybridized carbons (Fsp3) is 0.0833. The molecule has 0 saturated carbocycles. The zero-order chi connectivity index (χ0) is 21.8. The second-order valence-corrected chi connectivity index (χ2v) is 6.98. The molecule has 1 aliphatic heterocycles. The molecule has 0 amide bonds. The van der Waals surface area contributed by atoms with E-state index in [1.165, 1.54) is 12.1 Å². The monoisotopic (exact) mass is 414 g/mol. The molecular formula is C24H18N2O5. The van der Waals surface area contributed by atoms with Crippen molar-refractivity contribution in [3.8, 4) is 5.75 Å². The van der Waals surface area contributed by atoms with E-state index in [9.17, 15) is 14.9 Å². The predicted molar refractivity (Wildman–Crippen MR) is 116 cm³/mol. The number of hydrogen-bond acceptors (Lipinski definition) is 6. The molecule has 1 aliphatic rings. The number of nitro groups is 1. The first-order valence-electron chi connectivity index (χ1n) is 9.54. The molecule has 4 rings (SSSR count). The topological polar surface area (TPSA) is 91.0 Å². The summed E-state index contributed by atoms with van der Waals surface area (Å²) in [6, 6.07) is 21.0. The first-order chi connectivity index (χ1) is 15.0. The SMILES string of the molecule is Cc1ccc(C2=N/C(=C\c3ccc(OCc4ccc([N+](=O)[O-])cc4)cc3)C(=O)O2)cc1. The molecule has 0 saturated heterocycles. The molecule has 0 fully saturated rings. The van der Waals surface area contributed by atoms with Gasteiger partial charge in [0.25, 0.3) is 5.69 Å². The average molecular weight is 414 g/mol. The lowest BCUT2D eigenvalue weighted by atomic mass is 10.1. The third-order valence-corrected chi connectivity index (χ3v) is 4.66. The van der Waals surface area contributed by atoms with Crippen LogP contribution < -0.4 is 4.74 Å². The van der Waals surface area contributed by atoms with Crippen LogP contribution in [0.3, 0.4) is 0 Å². The van der Waals surface area contributed by atoms with Gasteiger partial charge in [0.1, 0.15) is 12.4 Å². The Balaban J connectivity index is 1.41. The van der Waals surface area contributed by atoms with Crippen molar-refractivity contribution in [2.24, 2.45) is 4.99 Å². The Morgan fingerprint density at radius 1 is 1.00 bits per heavy atom. The summed E-state index contributed by atoms with van der Waals surface area (Å²) in [6.45, 7) is 2.27. The van der Waals surface area contributed by atoms with Gasteiger partial charge in [0.05, 0.1) is 4.92 Å². The number of non-ortho nitro benzene ring substituents is 1. The summed E-state index contributed by atoms with van der Waals surface area (Å²) in [5.41, 5.74) is 3.74. The van der Waals surface area contributed by atoms with E-state index in [-0.39, 0.29) is 18.0 Å². The molecule has 0 aliphatic carbocycles. The van der Waals surface area contributed by atoms with Gasteiger partial charge in [-0.3, -0.25) is 10.1 Å². The van der Waals surface area contributed by atoms with Crippen LogP contribution >= 0.6 is 0 Å². The predicted octanol–water partition coefficient (Wildman–Crippen LogP) is 4.83. The van der Waals surface area contributed by atoms with Gasteiger partial charge < -0.3 is 9.47 Å². The fourth-order valence-corrected chi connectivity index (χ4v) is 2.93. The normalized spacial score (nSPS) is 14.3. The van der Waals surface area contributed by atoms with Crippen molar-refractivity contribution in [3.63, 3.8) is 0 Å². The van der Waals surface area contributed by atoms with Crippen molar-refractivity contribution in [3.05, 3.63) is 111 Å². The third kappa shape index (κ3) is 4.84. The summed E-state index contributed by atoms with van der Waals surface area (Å²) in [5, 5.41) is 10.7. The maximum atomic E-state index is 12.1. The number of rotatable bonds is 6. The number of benzene rings is 3. The number of nitrogens with zero attached hydrogens (tertiary/aromatic N) is 2. The zero-order valence-corrected chi connectivity index (χ0v) is 16.6. The molecule has 0 bridgehead atoms. The molecule has 0 radical (unpaired) electrons. The fourth-order valence-electron chi connectivity index (χ4n) is 2.93. The number of hydrogen-bond donors (Lipinski definition) is 0. The average Bonchev–Trinajstić information content (AvgIpc) is 3.14. The van der Waals surface area contributed by atoms with Crippen LogP contribution in [0.5, 0.6) is 5.75 Å². The smallest absolute Gasteiger partial charge is 0.363 e. The maximum Gasteiger partial charge on any atom is 0.363 e. The summed E-state index contributed by atoms with van der Waals surface area (Å²) >= 11 is 0. The van der Waals surface area contributed by atoms with Gasteiger partial charge in [-0.05, 0) is 60.5 Å². The van der Waals surface area contributed by atoms with Crippen molar-refractivity contribution in [1.82, 2.24) is 0 Å². The molecule has 0 unspecified atom stereocenters. The zero-order valence-electron chi connectivity index (χ0n) is 16.6. The van der Waals surface area contributed by atoms with E-state index in [1.54, 1.807) is 30.3 Å². The second kappa shape index (κ2) is 8.62. The molecule has 3 aromatic carbocycles. The molecule has 3 aromatic rings. The van der Waals surface area contributed by atoms with Gasteiger partial charge in [-0.25, -0.2) is 9.79 Å². The number of carbonyl (C=O) groups excluding carboxylic acids is 1. The third-order valence-electron chi connectivity index (χ3n) is 4.66. The van der Waals surface area contributed by atoms with Gasteiger partial charge in [0.15, 0.2) is 5.70 Å². The number of ether oxygens (including phenoxy) is 2. The molecule has 0 N–H and O–H groups in total. The van der Waals surface area contributed by atoms with Crippen molar-refractivity contribution >= 4 is 23.6 Å². The number of carbonyl (C=O) groups is 1. The van der Waals surface area contributed by atoms with E-state index in [4.69, 9.17) is 9.47 Å². The van der Waals surface area contributed by atoms with Crippen molar-refractivity contribution in [1.29, 1.82) is 0 Å². The molecular weight excluding hydrogens is 396 g/mol. The highest BCUT2D eigenvalue weighted by Crippen LogP contribution is 2.21. The Hall–Kier alpha value is -4.26. The second-order valence-electron chi connectivity index (χ2n) is 6.98. The van der Waals surface area contributed by atoms with E-state index < -0.39 is 10.9 Å². The highest BCUT2D eigenvalue weighted by Gasteiger charge is 2.24. The van der Waals surface area contributed by atoms with E-state index in [0.29, 0.717) is 11.6 Å². The summed E-state index contributed by atoms with van der Waals surface area (Å²) in [4.78, 5) is 26.7. The van der Waals surface area contributed by atoms with Gasteiger partial charge >= 0.3 is 5.97 Å². The van der Waals surface area contributed by atoms with Gasteiger partial charge in [0.2, 0.25) is 5.90 Å². The maximum absolute atomic E-state index is 12.1. The Bertz CT molecular complexity index is 1180. The summed E-state index contributed by atoms with van der Waals surface area (Å²) in [5.74, 6) is 0.437. The molecule has 7 heteroatoms. The van der Waals surface area contributed by atoms with Crippen LogP contribution in [0.2, 0.25) is 0 Å². The van der Waals surface area contributed by atoms with Crippen molar-refractivity contribution in [2.45, 2.75) is 13.5 Å². The molecule has 154 valence electrons. The van der Waals surface area contributed by atoms with Crippen LogP contribution in [-0.4, -0.2) is 16.8 Å². The lowest BCUT2D eigenvalue weighted by molar-refractivity contribution is -0.384. The van der Waals surface area contributed by atoms with Crippen LogP contribution in [0.15, 0.2) is 83.5 Å². The number of esters is 1. The molecule has 31 heavy (non-hydrogen) atoms. The van der Waals surface area contributed by atoms with Crippen LogP contribution in [-0.2, 0) is 16.1 Å². The minimum atomic E-state index is -0.492. The van der Waals surface area contributed by atoms with Gasteiger partial charge in [-0.15, -0.1) is 0 Å². The minimum absolute atomic E-state index is 0.0415. The minimum Gasteiger partial charge on any atom is -0.489 e. The standard InChI is InChI=1S/C24H18N2O5/c1-16-2-8-19(9-3-16)23-25-22(24(27)31-23)14-17-6-12-21(13-7-17)30-15-18-4-10-20(11-5-18)26(28)29/h2-14H,15H2,1H3/b22-14-. The number of aliphatic imine (C=N–C) groups is 1. The molecule has 0 spiro atoms. The van der Waals surface area contributed by atoms with Crippen molar-refractivity contribution in [2.75, 3.05) is 0 Å². The molecule has 7 nitrogen and oxygen atoms in total. The van der Waals surface area contributed by atoms with E-state index in [2.05, 4.69) is 4.99 Å². The number of cyclic esters (lactones) is 1. The lowest BCUT2D eigenvalue weighted by Crippen LogP contribution is -2.05. The molecule has 0 atom stereocenters. The quantitative estimate of drug-likeness (QED) is 0.249. The lowest BCUT2D eigenvalue weighted by Gasteiger charge is -2.06. The van der Waals surface area contributed by atoms with Crippen LogP contribution in [0.4, 0.5) is 5.69 Å². The van der Waals surface area contributed by atoms with Gasteiger partial charge in [-0.1, -0.05) is 29.8 Å². The number of aryl methyl sites for hydroxylation is 1. The largest absolute Gasteiger partial charge is 0.489 e. The highest BCUT2D eigenvalue weighted by atomic mass is 16.6. The van der Waals surface area contributed by atoms with Crippen LogP contribution in [0.1, 0.15) is 22.3 Å². The van der Waals surface area contributed by atoms with E-state index in [1.807, 2.05) is 43.3 Å². The van der Waals surface area contributed by atoms with E-state index >= 15 is 0 Å².